The fourth-order valence-electron chi connectivity index (χ4n) is 1.67. The molecule has 0 saturated carbocycles. The Labute approximate surface area is 106 Å². The fourth-order valence-corrected chi connectivity index (χ4v) is 1.97. The zero-order valence-corrected chi connectivity index (χ0v) is 10.6. The summed E-state index contributed by atoms with van der Waals surface area (Å²) in [5.74, 6) is 0.644. The van der Waals surface area contributed by atoms with E-state index in [9.17, 15) is 0 Å². The summed E-state index contributed by atoms with van der Waals surface area (Å²) in [6, 6.07) is 7.93. The predicted octanol–water partition coefficient (Wildman–Crippen LogP) is 3.45. The lowest BCUT2D eigenvalue weighted by Crippen LogP contribution is -2.15. The maximum Gasteiger partial charge on any atom is 0.223 e. The maximum absolute atomic E-state index is 6.13. The molecule has 0 saturated heterocycles. The molecule has 1 unspecified atom stereocenters. The third-order valence-electron chi connectivity index (χ3n) is 2.57. The lowest BCUT2D eigenvalue weighted by molar-refractivity contribution is 0.749. The van der Waals surface area contributed by atoms with Crippen molar-refractivity contribution in [2.24, 2.45) is 0 Å². The van der Waals surface area contributed by atoms with Crippen molar-refractivity contribution >= 4 is 28.5 Å². The third kappa shape index (κ3) is 3.30. The Bertz CT molecular complexity index is 487. The number of hydrogen-bond donors (Lipinski definition) is 1. The zero-order chi connectivity index (χ0) is 12.1. The number of benzene rings is 1. The topological polar surface area (TPSA) is 37.8 Å². The average molecular weight is 250 g/mol. The minimum Gasteiger partial charge on any atom is -0.353 e. The first-order valence-corrected chi connectivity index (χ1v) is 6.33. The third-order valence-corrected chi connectivity index (χ3v) is 2.95. The molecule has 0 fully saturated rings. The lowest BCUT2D eigenvalue weighted by atomic mass is 10.2. The molecule has 0 aliphatic carbocycles. The number of alkyl halides is 1. The van der Waals surface area contributed by atoms with Gasteiger partial charge in [-0.25, -0.2) is 9.97 Å². The molecule has 0 radical (unpaired) electrons. The molecule has 2 rings (SSSR count). The Hall–Kier alpha value is -1.35. The Morgan fingerprint density at radius 1 is 1.35 bits per heavy atom. The Morgan fingerprint density at radius 2 is 2.18 bits per heavy atom. The standard InChI is InChI=1S/C13H16ClN3/c1-2-5-11(14)9-16-13-15-8-10-6-3-4-7-12(10)17-13/h3-4,6-8,11H,2,5,9H2,1H3,(H,15,16,17). The average Bonchev–Trinajstić information content (AvgIpc) is 2.36. The highest BCUT2D eigenvalue weighted by Gasteiger charge is 2.04. The number of rotatable bonds is 5. The van der Waals surface area contributed by atoms with Gasteiger partial charge in [0.25, 0.3) is 0 Å². The first kappa shape index (κ1) is 12.1. The van der Waals surface area contributed by atoms with Crippen molar-refractivity contribution in [1.82, 2.24) is 9.97 Å². The number of anilines is 1. The smallest absolute Gasteiger partial charge is 0.223 e. The van der Waals surface area contributed by atoms with E-state index in [1.807, 2.05) is 30.5 Å². The molecule has 3 nitrogen and oxygen atoms in total. The predicted molar refractivity (Wildman–Crippen MR) is 72.6 cm³/mol. The summed E-state index contributed by atoms with van der Waals surface area (Å²) in [6.07, 6.45) is 3.92. The summed E-state index contributed by atoms with van der Waals surface area (Å²) in [7, 11) is 0. The highest BCUT2D eigenvalue weighted by molar-refractivity contribution is 6.20. The number of aromatic nitrogens is 2. The number of halogens is 1. The van der Waals surface area contributed by atoms with Crippen LogP contribution in [0.4, 0.5) is 5.95 Å². The molecule has 0 aliphatic heterocycles. The van der Waals surface area contributed by atoms with Crippen LogP contribution in [0.1, 0.15) is 19.8 Å². The Kier molecular flexibility index (Phi) is 4.15. The molecule has 0 aliphatic rings. The van der Waals surface area contributed by atoms with Gasteiger partial charge in [-0.1, -0.05) is 31.5 Å². The molecule has 2 aromatic rings. The number of nitrogens with zero attached hydrogens (tertiary/aromatic N) is 2. The number of hydrogen-bond acceptors (Lipinski definition) is 3. The molecule has 1 N–H and O–H groups in total. The van der Waals surface area contributed by atoms with Gasteiger partial charge in [-0.15, -0.1) is 11.6 Å². The zero-order valence-electron chi connectivity index (χ0n) is 9.86. The van der Waals surface area contributed by atoms with Crippen LogP contribution in [-0.2, 0) is 0 Å². The van der Waals surface area contributed by atoms with Crippen LogP contribution < -0.4 is 5.32 Å². The molecule has 1 atom stereocenters. The van der Waals surface area contributed by atoms with Crippen molar-refractivity contribution in [2.45, 2.75) is 25.1 Å². The molecule has 90 valence electrons. The monoisotopic (exact) mass is 249 g/mol. The van der Waals surface area contributed by atoms with Crippen LogP contribution in [0, 0.1) is 0 Å². The number of nitrogens with one attached hydrogen (secondary N) is 1. The second kappa shape index (κ2) is 5.82. The molecule has 1 heterocycles. The van der Waals surface area contributed by atoms with Gasteiger partial charge in [0.05, 0.1) is 10.9 Å². The van der Waals surface area contributed by atoms with Crippen molar-refractivity contribution in [1.29, 1.82) is 0 Å². The minimum absolute atomic E-state index is 0.134. The molecule has 1 aromatic heterocycles. The molecule has 0 bridgehead atoms. The van der Waals surface area contributed by atoms with Crippen LogP contribution in [0.25, 0.3) is 10.9 Å². The molecule has 0 amide bonds. The molecular weight excluding hydrogens is 234 g/mol. The Balaban J connectivity index is 2.04. The SMILES string of the molecule is CCCC(Cl)CNc1ncc2ccccc2n1. The van der Waals surface area contributed by atoms with Crippen molar-refractivity contribution in [3.8, 4) is 0 Å². The van der Waals surface area contributed by atoms with E-state index >= 15 is 0 Å². The van der Waals surface area contributed by atoms with E-state index < -0.39 is 0 Å². The quantitative estimate of drug-likeness (QED) is 0.825. The summed E-state index contributed by atoms with van der Waals surface area (Å²) in [5, 5.41) is 4.35. The van der Waals surface area contributed by atoms with E-state index in [4.69, 9.17) is 11.6 Å². The van der Waals surface area contributed by atoms with E-state index in [1.54, 1.807) is 0 Å². The van der Waals surface area contributed by atoms with Gasteiger partial charge < -0.3 is 5.32 Å². The van der Waals surface area contributed by atoms with Gasteiger partial charge in [-0.3, -0.25) is 0 Å². The van der Waals surface area contributed by atoms with Gasteiger partial charge in [0.2, 0.25) is 5.95 Å². The van der Waals surface area contributed by atoms with Crippen LogP contribution in [0.2, 0.25) is 0 Å². The van der Waals surface area contributed by atoms with Gasteiger partial charge in [0.1, 0.15) is 0 Å². The summed E-state index contributed by atoms with van der Waals surface area (Å²) >= 11 is 6.13. The van der Waals surface area contributed by atoms with Crippen LogP contribution >= 0.6 is 11.6 Å². The van der Waals surface area contributed by atoms with Crippen LogP contribution in [-0.4, -0.2) is 21.9 Å². The van der Waals surface area contributed by atoms with Crippen molar-refractivity contribution in [2.75, 3.05) is 11.9 Å². The highest BCUT2D eigenvalue weighted by atomic mass is 35.5. The fraction of sp³-hybridized carbons (Fsp3) is 0.385. The van der Waals surface area contributed by atoms with E-state index in [2.05, 4.69) is 22.2 Å². The summed E-state index contributed by atoms with van der Waals surface area (Å²) < 4.78 is 0. The summed E-state index contributed by atoms with van der Waals surface area (Å²) in [6.45, 7) is 2.83. The maximum atomic E-state index is 6.13. The van der Waals surface area contributed by atoms with E-state index in [-0.39, 0.29) is 5.38 Å². The molecule has 17 heavy (non-hydrogen) atoms. The van der Waals surface area contributed by atoms with Gasteiger partial charge in [0, 0.05) is 18.1 Å². The van der Waals surface area contributed by atoms with Gasteiger partial charge >= 0.3 is 0 Å². The number of para-hydroxylation sites is 1. The largest absolute Gasteiger partial charge is 0.353 e. The van der Waals surface area contributed by atoms with E-state index in [0.29, 0.717) is 12.5 Å². The highest BCUT2D eigenvalue weighted by Crippen LogP contribution is 2.12. The lowest BCUT2D eigenvalue weighted by Gasteiger charge is -2.09. The molecule has 0 spiro atoms. The van der Waals surface area contributed by atoms with E-state index in [1.165, 1.54) is 0 Å². The molecule has 4 heteroatoms. The summed E-state index contributed by atoms with van der Waals surface area (Å²) in [4.78, 5) is 8.68. The van der Waals surface area contributed by atoms with Crippen LogP contribution in [0.3, 0.4) is 0 Å². The molecule has 1 aromatic carbocycles. The van der Waals surface area contributed by atoms with Crippen LogP contribution in [0.15, 0.2) is 30.5 Å². The second-order valence-electron chi connectivity index (χ2n) is 4.02. The first-order valence-electron chi connectivity index (χ1n) is 5.89. The molecular formula is C13H16ClN3. The van der Waals surface area contributed by atoms with Gasteiger partial charge in [-0.05, 0) is 12.5 Å². The Morgan fingerprint density at radius 3 is 3.00 bits per heavy atom. The van der Waals surface area contributed by atoms with Crippen molar-refractivity contribution < 1.29 is 0 Å². The van der Waals surface area contributed by atoms with Gasteiger partial charge in [-0.2, -0.15) is 0 Å². The summed E-state index contributed by atoms with van der Waals surface area (Å²) in [5.41, 5.74) is 0.951. The van der Waals surface area contributed by atoms with Crippen molar-refractivity contribution in [3.05, 3.63) is 30.5 Å². The normalized spacial score (nSPS) is 12.6. The van der Waals surface area contributed by atoms with E-state index in [0.717, 1.165) is 23.7 Å². The van der Waals surface area contributed by atoms with Gasteiger partial charge in [0.15, 0.2) is 0 Å². The second-order valence-corrected chi connectivity index (χ2v) is 4.64. The van der Waals surface area contributed by atoms with Crippen LogP contribution in [0.5, 0.6) is 0 Å². The van der Waals surface area contributed by atoms with Crippen molar-refractivity contribution in [3.63, 3.8) is 0 Å². The minimum atomic E-state index is 0.134. The number of fused-ring (bicyclic) bond motifs is 1. The first-order chi connectivity index (χ1) is 8.29.